The zero-order chi connectivity index (χ0) is 18.0. The third kappa shape index (κ3) is 3.74. The molecule has 0 saturated heterocycles. The number of ether oxygens (including phenoxy) is 2. The van der Waals surface area contributed by atoms with Crippen molar-refractivity contribution < 1.29 is 27.4 Å². The third-order valence-corrected chi connectivity index (χ3v) is 3.66. The predicted molar refractivity (Wildman–Crippen MR) is 87.1 cm³/mol. The molecular weight excluding hydrogens is 333 g/mol. The molecule has 128 valence electrons. The van der Waals surface area contributed by atoms with Crippen molar-refractivity contribution in [2.24, 2.45) is 0 Å². The number of halogens is 3. The standard InChI is InChI=1S/C19H13F3O3/c1-24-17-11-14-5-3-2-4-13(14)10-16(17)18(23)12-6-8-15(9-7-12)25-19(20,21)22/h2-11H,1H3. The van der Waals surface area contributed by atoms with Crippen LogP contribution in [0.3, 0.4) is 0 Å². The topological polar surface area (TPSA) is 35.5 Å². The molecule has 3 nitrogen and oxygen atoms in total. The summed E-state index contributed by atoms with van der Waals surface area (Å²) in [5.74, 6) is -0.324. The highest BCUT2D eigenvalue weighted by atomic mass is 19.4. The molecule has 3 rings (SSSR count). The first-order valence-electron chi connectivity index (χ1n) is 7.35. The van der Waals surface area contributed by atoms with Gasteiger partial charge in [-0.05, 0) is 47.2 Å². The van der Waals surface area contributed by atoms with E-state index in [4.69, 9.17) is 4.74 Å². The van der Waals surface area contributed by atoms with E-state index in [0.29, 0.717) is 11.3 Å². The minimum absolute atomic E-state index is 0.239. The van der Waals surface area contributed by atoms with Crippen LogP contribution < -0.4 is 9.47 Å². The van der Waals surface area contributed by atoms with Crippen molar-refractivity contribution in [3.8, 4) is 11.5 Å². The Kier molecular flexibility index (Phi) is 4.35. The second-order valence-corrected chi connectivity index (χ2v) is 5.30. The maximum absolute atomic E-state index is 12.7. The van der Waals surface area contributed by atoms with Gasteiger partial charge < -0.3 is 9.47 Å². The molecule has 0 spiro atoms. The molecule has 6 heteroatoms. The fourth-order valence-electron chi connectivity index (χ4n) is 2.53. The molecule has 0 saturated carbocycles. The fourth-order valence-corrected chi connectivity index (χ4v) is 2.53. The first-order valence-corrected chi connectivity index (χ1v) is 7.35. The number of rotatable bonds is 4. The number of methoxy groups -OCH3 is 1. The van der Waals surface area contributed by atoms with Crippen LogP contribution in [0.25, 0.3) is 10.8 Å². The maximum Gasteiger partial charge on any atom is 0.573 e. The van der Waals surface area contributed by atoms with Gasteiger partial charge in [0.1, 0.15) is 11.5 Å². The molecule has 0 unspecified atom stereocenters. The predicted octanol–water partition coefficient (Wildman–Crippen LogP) is 4.98. The number of hydrogen-bond acceptors (Lipinski definition) is 3. The van der Waals surface area contributed by atoms with Gasteiger partial charge in [-0.25, -0.2) is 0 Å². The van der Waals surface area contributed by atoms with Gasteiger partial charge in [-0.3, -0.25) is 4.79 Å². The molecule has 25 heavy (non-hydrogen) atoms. The van der Waals surface area contributed by atoms with Gasteiger partial charge >= 0.3 is 6.36 Å². The van der Waals surface area contributed by atoms with E-state index in [1.165, 1.54) is 19.2 Å². The summed E-state index contributed by atoms with van der Waals surface area (Å²) in [6, 6.07) is 15.7. The lowest BCUT2D eigenvalue weighted by Crippen LogP contribution is -2.17. The summed E-state index contributed by atoms with van der Waals surface area (Å²) in [4.78, 5) is 12.7. The van der Waals surface area contributed by atoms with Gasteiger partial charge in [0, 0.05) is 5.56 Å². The lowest BCUT2D eigenvalue weighted by Gasteiger charge is -2.11. The second-order valence-electron chi connectivity index (χ2n) is 5.30. The van der Waals surface area contributed by atoms with E-state index in [0.717, 1.165) is 22.9 Å². The van der Waals surface area contributed by atoms with Crippen molar-refractivity contribution in [2.45, 2.75) is 6.36 Å². The van der Waals surface area contributed by atoms with Gasteiger partial charge in [-0.1, -0.05) is 24.3 Å². The van der Waals surface area contributed by atoms with Crippen molar-refractivity contribution in [3.63, 3.8) is 0 Å². The highest BCUT2D eigenvalue weighted by Crippen LogP contribution is 2.29. The van der Waals surface area contributed by atoms with Crippen LogP contribution in [0.2, 0.25) is 0 Å². The third-order valence-electron chi connectivity index (χ3n) is 3.66. The quantitative estimate of drug-likeness (QED) is 0.625. The Morgan fingerprint density at radius 3 is 2.08 bits per heavy atom. The molecule has 0 radical (unpaired) electrons. The smallest absolute Gasteiger partial charge is 0.496 e. The van der Waals surface area contributed by atoms with Gasteiger partial charge in [0.05, 0.1) is 12.7 Å². The van der Waals surface area contributed by atoms with E-state index in [1.54, 1.807) is 12.1 Å². The molecule has 0 aliphatic rings. The van der Waals surface area contributed by atoms with E-state index >= 15 is 0 Å². The normalized spacial score (nSPS) is 11.4. The average Bonchev–Trinajstić information content (AvgIpc) is 2.59. The van der Waals surface area contributed by atoms with Gasteiger partial charge in [-0.15, -0.1) is 13.2 Å². The zero-order valence-electron chi connectivity index (χ0n) is 13.1. The Morgan fingerprint density at radius 1 is 0.920 bits per heavy atom. The van der Waals surface area contributed by atoms with Crippen LogP contribution >= 0.6 is 0 Å². The van der Waals surface area contributed by atoms with Gasteiger partial charge in [0.15, 0.2) is 5.78 Å². The number of benzene rings is 3. The van der Waals surface area contributed by atoms with Crippen LogP contribution in [0.1, 0.15) is 15.9 Å². The Morgan fingerprint density at radius 2 is 1.52 bits per heavy atom. The van der Waals surface area contributed by atoms with E-state index in [9.17, 15) is 18.0 Å². The molecular formula is C19H13F3O3. The number of carbonyl (C=O) groups excluding carboxylic acids is 1. The van der Waals surface area contributed by atoms with Crippen molar-refractivity contribution in [3.05, 3.63) is 71.8 Å². The van der Waals surface area contributed by atoms with Crippen LogP contribution in [-0.4, -0.2) is 19.3 Å². The molecule has 0 fully saturated rings. The van der Waals surface area contributed by atoms with E-state index in [1.807, 2.05) is 24.3 Å². The lowest BCUT2D eigenvalue weighted by molar-refractivity contribution is -0.274. The summed E-state index contributed by atoms with van der Waals surface area (Å²) in [5, 5.41) is 1.79. The summed E-state index contributed by atoms with van der Waals surface area (Å²) < 4.78 is 45.7. The van der Waals surface area contributed by atoms with Crippen molar-refractivity contribution in [1.29, 1.82) is 0 Å². The molecule has 0 heterocycles. The van der Waals surface area contributed by atoms with Crippen LogP contribution in [-0.2, 0) is 0 Å². The second kappa shape index (κ2) is 6.47. The summed E-state index contributed by atoms with van der Waals surface area (Å²) in [6.45, 7) is 0. The minimum Gasteiger partial charge on any atom is -0.496 e. The summed E-state index contributed by atoms with van der Waals surface area (Å²) in [7, 11) is 1.46. The molecule has 0 aliphatic heterocycles. The Labute approximate surface area is 141 Å². The molecule has 0 amide bonds. The number of fused-ring (bicyclic) bond motifs is 1. The van der Waals surface area contributed by atoms with E-state index < -0.39 is 6.36 Å². The number of alkyl halides is 3. The van der Waals surface area contributed by atoms with Gasteiger partial charge in [-0.2, -0.15) is 0 Å². The average molecular weight is 346 g/mol. The largest absolute Gasteiger partial charge is 0.573 e. The van der Waals surface area contributed by atoms with Crippen LogP contribution in [0.5, 0.6) is 11.5 Å². The van der Waals surface area contributed by atoms with Gasteiger partial charge in [0.25, 0.3) is 0 Å². The molecule has 0 aromatic heterocycles. The monoisotopic (exact) mass is 346 g/mol. The van der Waals surface area contributed by atoms with Crippen molar-refractivity contribution in [2.75, 3.05) is 7.11 Å². The SMILES string of the molecule is COc1cc2ccccc2cc1C(=O)c1ccc(OC(F)(F)F)cc1. The summed E-state index contributed by atoms with van der Waals surface area (Å²) in [6.07, 6.45) is -4.77. The Hall–Kier alpha value is -3.02. The minimum atomic E-state index is -4.77. The zero-order valence-corrected chi connectivity index (χ0v) is 13.1. The fraction of sp³-hybridized carbons (Fsp3) is 0.105. The Bertz CT molecular complexity index is 915. The van der Waals surface area contributed by atoms with E-state index in [2.05, 4.69) is 4.74 Å². The van der Waals surface area contributed by atoms with Crippen molar-refractivity contribution >= 4 is 16.6 Å². The van der Waals surface area contributed by atoms with Crippen LogP contribution in [0, 0.1) is 0 Å². The molecule has 0 atom stereocenters. The molecule has 0 aliphatic carbocycles. The van der Waals surface area contributed by atoms with Crippen LogP contribution in [0.4, 0.5) is 13.2 Å². The van der Waals surface area contributed by atoms with Crippen molar-refractivity contribution in [1.82, 2.24) is 0 Å². The Balaban J connectivity index is 1.96. The molecule has 3 aromatic rings. The molecule has 3 aromatic carbocycles. The molecule has 0 N–H and O–H groups in total. The summed E-state index contributed by atoms with van der Waals surface area (Å²) >= 11 is 0. The first kappa shape index (κ1) is 16.8. The first-order chi connectivity index (χ1) is 11.9. The van der Waals surface area contributed by atoms with E-state index in [-0.39, 0.29) is 17.1 Å². The highest BCUT2D eigenvalue weighted by molar-refractivity contribution is 6.12. The maximum atomic E-state index is 12.7. The van der Waals surface area contributed by atoms with Gasteiger partial charge in [0.2, 0.25) is 0 Å². The molecule has 0 bridgehead atoms. The number of hydrogen-bond donors (Lipinski definition) is 0. The lowest BCUT2D eigenvalue weighted by atomic mass is 9.99. The van der Waals surface area contributed by atoms with Crippen LogP contribution in [0.15, 0.2) is 60.7 Å². The number of carbonyl (C=O) groups is 1. The highest BCUT2D eigenvalue weighted by Gasteiger charge is 2.31. The number of ketones is 1. The summed E-state index contributed by atoms with van der Waals surface area (Å²) in [5.41, 5.74) is 0.578.